The first-order valence-electron chi connectivity index (χ1n) is 10.1. The number of aryl methyl sites for hydroxylation is 2. The maximum atomic E-state index is 6.30. The van der Waals surface area contributed by atoms with Gasteiger partial charge in [0.1, 0.15) is 5.82 Å². The highest BCUT2D eigenvalue weighted by molar-refractivity contribution is 6.31. The van der Waals surface area contributed by atoms with Crippen LogP contribution in [0.15, 0.2) is 36.4 Å². The monoisotopic (exact) mass is 398 g/mol. The summed E-state index contributed by atoms with van der Waals surface area (Å²) in [4.78, 5) is 5.01. The Morgan fingerprint density at radius 2 is 1.79 bits per heavy atom. The Labute approximate surface area is 171 Å². The van der Waals surface area contributed by atoms with E-state index in [9.17, 15) is 0 Å². The molecular formula is C23H27ClN2O2. The largest absolute Gasteiger partial charge is 0.493 e. The summed E-state index contributed by atoms with van der Waals surface area (Å²) in [5, 5.41) is 0.759. The van der Waals surface area contributed by atoms with E-state index < -0.39 is 0 Å². The third-order valence-corrected chi connectivity index (χ3v) is 6.02. The molecule has 4 rings (SSSR count). The van der Waals surface area contributed by atoms with Crippen LogP contribution in [0.3, 0.4) is 0 Å². The summed E-state index contributed by atoms with van der Waals surface area (Å²) in [6, 6.07) is 12.2. The topological polar surface area (TPSA) is 36.3 Å². The first kappa shape index (κ1) is 19.1. The van der Waals surface area contributed by atoms with E-state index in [1.54, 1.807) is 14.2 Å². The van der Waals surface area contributed by atoms with Crippen LogP contribution in [0.2, 0.25) is 5.02 Å². The number of fused-ring (bicyclic) bond motifs is 1. The van der Waals surface area contributed by atoms with Crippen molar-refractivity contribution in [2.45, 2.75) is 51.0 Å². The molecule has 148 valence electrons. The lowest BCUT2D eigenvalue weighted by atomic mass is 9.88. The summed E-state index contributed by atoms with van der Waals surface area (Å²) >= 11 is 6.30. The molecule has 1 aliphatic rings. The Balaban J connectivity index is 1.66. The molecule has 0 amide bonds. The summed E-state index contributed by atoms with van der Waals surface area (Å²) in [5.41, 5.74) is 3.39. The van der Waals surface area contributed by atoms with E-state index in [0.717, 1.165) is 40.5 Å². The van der Waals surface area contributed by atoms with Crippen LogP contribution in [-0.2, 0) is 13.0 Å². The van der Waals surface area contributed by atoms with Gasteiger partial charge in [-0.15, -0.1) is 0 Å². The fourth-order valence-corrected chi connectivity index (χ4v) is 4.47. The standard InChI is InChI=1S/C23H27ClN2O2/c1-27-21-11-8-16(14-22(21)28-2)12-13-26-20-15-18(24)9-10-19(20)25-23(26)17-6-4-3-5-7-17/h8-11,14-15,17H,3-7,12-13H2,1-2H3. The zero-order chi connectivity index (χ0) is 19.5. The fourth-order valence-electron chi connectivity index (χ4n) is 4.30. The van der Waals surface area contributed by atoms with Gasteiger partial charge in [0, 0.05) is 17.5 Å². The number of imidazole rings is 1. The van der Waals surface area contributed by atoms with E-state index in [-0.39, 0.29) is 0 Å². The predicted molar refractivity (Wildman–Crippen MR) is 114 cm³/mol. The molecule has 2 aromatic carbocycles. The van der Waals surface area contributed by atoms with Crippen LogP contribution in [0.1, 0.15) is 49.4 Å². The minimum atomic E-state index is 0.547. The van der Waals surface area contributed by atoms with Crippen molar-refractivity contribution in [2.24, 2.45) is 0 Å². The molecule has 1 heterocycles. The van der Waals surface area contributed by atoms with E-state index in [0.29, 0.717) is 5.92 Å². The maximum Gasteiger partial charge on any atom is 0.160 e. The molecule has 1 saturated carbocycles. The van der Waals surface area contributed by atoms with Crippen molar-refractivity contribution in [3.8, 4) is 11.5 Å². The third-order valence-electron chi connectivity index (χ3n) is 5.78. The minimum Gasteiger partial charge on any atom is -0.493 e. The van der Waals surface area contributed by atoms with Gasteiger partial charge in [-0.3, -0.25) is 0 Å². The van der Waals surface area contributed by atoms with Crippen molar-refractivity contribution in [1.29, 1.82) is 0 Å². The number of methoxy groups -OCH3 is 2. The predicted octanol–water partition coefficient (Wildman–Crippen LogP) is 6.00. The molecule has 0 aliphatic heterocycles. The van der Waals surface area contributed by atoms with Gasteiger partial charge >= 0.3 is 0 Å². The highest BCUT2D eigenvalue weighted by atomic mass is 35.5. The third kappa shape index (κ3) is 3.83. The number of hydrogen-bond donors (Lipinski definition) is 0. The van der Waals surface area contributed by atoms with Crippen LogP contribution in [0.5, 0.6) is 11.5 Å². The summed E-state index contributed by atoms with van der Waals surface area (Å²) in [7, 11) is 3.34. The van der Waals surface area contributed by atoms with Crippen molar-refractivity contribution in [3.05, 3.63) is 52.8 Å². The second-order valence-electron chi connectivity index (χ2n) is 7.53. The quantitative estimate of drug-likeness (QED) is 0.511. The van der Waals surface area contributed by atoms with E-state index in [4.69, 9.17) is 26.1 Å². The maximum absolute atomic E-state index is 6.30. The molecule has 0 unspecified atom stereocenters. The lowest BCUT2D eigenvalue weighted by Gasteiger charge is -2.22. The number of aromatic nitrogens is 2. The van der Waals surface area contributed by atoms with Gasteiger partial charge in [-0.2, -0.15) is 0 Å². The average molecular weight is 399 g/mol. The zero-order valence-corrected chi connectivity index (χ0v) is 17.3. The smallest absolute Gasteiger partial charge is 0.160 e. The van der Waals surface area contributed by atoms with Gasteiger partial charge < -0.3 is 14.0 Å². The van der Waals surface area contributed by atoms with Crippen LogP contribution in [0.4, 0.5) is 0 Å². The number of hydrogen-bond acceptors (Lipinski definition) is 3. The van der Waals surface area contributed by atoms with Crippen LogP contribution in [-0.4, -0.2) is 23.8 Å². The van der Waals surface area contributed by atoms with Crippen LogP contribution >= 0.6 is 11.6 Å². The Hall–Kier alpha value is -2.20. The van der Waals surface area contributed by atoms with E-state index in [1.165, 1.54) is 43.5 Å². The number of rotatable bonds is 6. The van der Waals surface area contributed by atoms with Gasteiger partial charge in [0.25, 0.3) is 0 Å². The molecule has 0 N–H and O–H groups in total. The second kappa shape index (κ2) is 8.44. The van der Waals surface area contributed by atoms with Gasteiger partial charge in [0.2, 0.25) is 0 Å². The van der Waals surface area contributed by atoms with Crippen LogP contribution < -0.4 is 9.47 Å². The molecule has 1 aromatic heterocycles. The Morgan fingerprint density at radius 3 is 2.54 bits per heavy atom. The molecule has 3 aromatic rings. The lowest BCUT2D eigenvalue weighted by Crippen LogP contribution is -2.13. The highest BCUT2D eigenvalue weighted by Crippen LogP contribution is 2.35. The van der Waals surface area contributed by atoms with Gasteiger partial charge in [-0.1, -0.05) is 36.9 Å². The molecule has 5 heteroatoms. The van der Waals surface area contributed by atoms with E-state index in [1.807, 2.05) is 24.3 Å². The molecular weight excluding hydrogens is 372 g/mol. The van der Waals surface area contributed by atoms with Gasteiger partial charge in [0.05, 0.1) is 25.3 Å². The molecule has 28 heavy (non-hydrogen) atoms. The lowest BCUT2D eigenvalue weighted by molar-refractivity contribution is 0.354. The average Bonchev–Trinajstić information content (AvgIpc) is 3.10. The van der Waals surface area contributed by atoms with Crippen molar-refractivity contribution in [3.63, 3.8) is 0 Å². The molecule has 0 spiro atoms. The molecule has 0 bridgehead atoms. The molecule has 1 aliphatic carbocycles. The highest BCUT2D eigenvalue weighted by Gasteiger charge is 2.22. The first-order chi connectivity index (χ1) is 13.7. The van der Waals surface area contributed by atoms with Crippen molar-refractivity contribution >= 4 is 22.6 Å². The molecule has 1 fully saturated rings. The van der Waals surface area contributed by atoms with Gasteiger partial charge in [0.15, 0.2) is 11.5 Å². The minimum absolute atomic E-state index is 0.547. The van der Waals surface area contributed by atoms with Crippen molar-refractivity contribution in [2.75, 3.05) is 14.2 Å². The first-order valence-corrected chi connectivity index (χ1v) is 10.4. The summed E-state index contributed by atoms with van der Waals surface area (Å²) in [5.74, 6) is 3.29. The number of ether oxygens (including phenoxy) is 2. The Kier molecular flexibility index (Phi) is 5.77. The molecule has 0 atom stereocenters. The number of halogens is 1. The summed E-state index contributed by atoms with van der Waals surface area (Å²) in [6.45, 7) is 0.873. The zero-order valence-electron chi connectivity index (χ0n) is 16.6. The van der Waals surface area contributed by atoms with Crippen LogP contribution in [0, 0.1) is 0 Å². The SMILES string of the molecule is COc1ccc(CCn2c(C3CCCCC3)nc3ccc(Cl)cc32)cc1OC. The Bertz CT molecular complexity index is 961. The van der Waals surface area contributed by atoms with E-state index in [2.05, 4.69) is 16.7 Å². The summed E-state index contributed by atoms with van der Waals surface area (Å²) in [6.07, 6.45) is 7.29. The van der Waals surface area contributed by atoms with Crippen molar-refractivity contribution in [1.82, 2.24) is 9.55 Å². The van der Waals surface area contributed by atoms with E-state index >= 15 is 0 Å². The molecule has 4 nitrogen and oxygen atoms in total. The summed E-state index contributed by atoms with van der Waals surface area (Å²) < 4.78 is 13.2. The van der Waals surface area contributed by atoms with Crippen molar-refractivity contribution < 1.29 is 9.47 Å². The van der Waals surface area contributed by atoms with Gasteiger partial charge in [-0.05, 0) is 55.2 Å². The normalized spacial score (nSPS) is 15.1. The molecule has 0 radical (unpaired) electrons. The number of nitrogens with zero attached hydrogens (tertiary/aromatic N) is 2. The number of benzene rings is 2. The molecule has 0 saturated heterocycles. The van der Waals surface area contributed by atoms with Crippen LogP contribution in [0.25, 0.3) is 11.0 Å². The van der Waals surface area contributed by atoms with Gasteiger partial charge in [-0.25, -0.2) is 4.98 Å². The second-order valence-corrected chi connectivity index (χ2v) is 7.97. The Morgan fingerprint density at radius 1 is 1.00 bits per heavy atom. The fraction of sp³-hybridized carbons (Fsp3) is 0.435.